The second kappa shape index (κ2) is 11.5. The topological polar surface area (TPSA) is 115 Å². The molecular formula is C28H39N7S. The Kier molecular flexibility index (Phi) is 8.43. The largest absolute Gasteiger partial charge is 0.389 e. The summed E-state index contributed by atoms with van der Waals surface area (Å²) >= 11 is 1.56. The summed E-state index contributed by atoms with van der Waals surface area (Å²) in [7, 11) is 4.07. The quantitative estimate of drug-likeness (QED) is 0.379. The Labute approximate surface area is 219 Å². The SMILES string of the molecule is CCC/C(C(=N)c1nc(CCC2CCCN2C)cc(NC)n1)=C(/C)C1CCCc2sc(N)c(C#N)c21. The van der Waals surface area contributed by atoms with Gasteiger partial charge in [-0.2, -0.15) is 5.26 Å². The van der Waals surface area contributed by atoms with Gasteiger partial charge in [0.15, 0.2) is 5.82 Å². The third kappa shape index (κ3) is 5.33. The fourth-order valence-electron chi connectivity index (χ4n) is 5.86. The van der Waals surface area contributed by atoms with E-state index in [2.05, 4.69) is 37.2 Å². The number of nitrogens with two attached hydrogens (primary N) is 1. The lowest BCUT2D eigenvalue weighted by Crippen LogP contribution is -2.25. The molecule has 0 saturated carbocycles. The average molecular weight is 506 g/mol. The van der Waals surface area contributed by atoms with Gasteiger partial charge in [-0.05, 0) is 83.0 Å². The van der Waals surface area contributed by atoms with Crippen LogP contribution in [0.15, 0.2) is 17.2 Å². The molecule has 2 aliphatic rings. The third-order valence-electron chi connectivity index (χ3n) is 7.87. The van der Waals surface area contributed by atoms with Crippen LogP contribution in [-0.4, -0.2) is 47.3 Å². The summed E-state index contributed by atoms with van der Waals surface area (Å²) in [6, 6.07) is 4.98. The molecule has 4 rings (SSSR count). The van der Waals surface area contributed by atoms with Gasteiger partial charge in [-0.15, -0.1) is 11.3 Å². The number of nitrogens with zero attached hydrogens (tertiary/aromatic N) is 4. The number of hydrogen-bond donors (Lipinski definition) is 3. The van der Waals surface area contributed by atoms with Gasteiger partial charge in [-0.3, -0.25) is 5.41 Å². The summed E-state index contributed by atoms with van der Waals surface area (Å²) in [4.78, 5) is 13.3. The molecule has 1 aliphatic heterocycles. The van der Waals surface area contributed by atoms with Crippen LogP contribution in [0.5, 0.6) is 0 Å². The zero-order valence-electron chi connectivity index (χ0n) is 22.1. The Morgan fingerprint density at radius 3 is 2.81 bits per heavy atom. The molecule has 3 heterocycles. The van der Waals surface area contributed by atoms with Gasteiger partial charge in [0.1, 0.15) is 22.6 Å². The van der Waals surface area contributed by atoms with Crippen molar-refractivity contribution in [3.8, 4) is 6.07 Å². The fourth-order valence-corrected chi connectivity index (χ4v) is 6.99. The van der Waals surface area contributed by atoms with E-state index in [1.807, 2.05) is 13.1 Å². The number of rotatable bonds is 9. The number of allylic oxidation sites excluding steroid dienone is 2. The highest BCUT2D eigenvalue weighted by Crippen LogP contribution is 2.46. The average Bonchev–Trinajstić information content (AvgIpc) is 3.45. The number of likely N-dealkylation sites (tertiary alicyclic amines) is 1. The fraction of sp³-hybridized carbons (Fsp3) is 0.571. The zero-order valence-corrected chi connectivity index (χ0v) is 22.9. The first-order valence-corrected chi connectivity index (χ1v) is 14.1. The number of thiophene rings is 1. The van der Waals surface area contributed by atoms with Crippen LogP contribution >= 0.6 is 11.3 Å². The minimum Gasteiger partial charge on any atom is -0.389 e. The van der Waals surface area contributed by atoms with E-state index in [4.69, 9.17) is 15.7 Å². The van der Waals surface area contributed by atoms with E-state index in [0.717, 1.165) is 73.2 Å². The zero-order chi connectivity index (χ0) is 25.8. The van der Waals surface area contributed by atoms with Crippen molar-refractivity contribution in [1.82, 2.24) is 14.9 Å². The number of nitrogen functional groups attached to an aromatic ring is 1. The Balaban J connectivity index is 1.68. The predicted molar refractivity (Wildman–Crippen MR) is 149 cm³/mol. The van der Waals surface area contributed by atoms with Gasteiger partial charge in [0.2, 0.25) is 0 Å². The van der Waals surface area contributed by atoms with Crippen molar-refractivity contribution in [2.24, 2.45) is 0 Å². The van der Waals surface area contributed by atoms with E-state index in [-0.39, 0.29) is 5.92 Å². The molecule has 0 amide bonds. The van der Waals surface area contributed by atoms with Gasteiger partial charge in [0.05, 0.1) is 5.56 Å². The number of anilines is 2. The van der Waals surface area contributed by atoms with Crippen LogP contribution in [0, 0.1) is 16.7 Å². The van der Waals surface area contributed by atoms with Gasteiger partial charge in [-0.25, -0.2) is 9.97 Å². The van der Waals surface area contributed by atoms with E-state index >= 15 is 0 Å². The first-order chi connectivity index (χ1) is 17.4. The molecule has 2 atom stereocenters. The molecule has 0 spiro atoms. The maximum absolute atomic E-state index is 9.81. The lowest BCUT2D eigenvalue weighted by Gasteiger charge is -2.26. The first-order valence-electron chi connectivity index (χ1n) is 13.2. The van der Waals surface area contributed by atoms with Crippen molar-refractivity contribution in [3.63, 3.8) is 0 Å². The monoisotopic (exact) mass is 505 g/mol. The summed E-state index contributed by atoms with van der Waals surface area (Å²) in [6.45, 7) is 5.44. The Bertz CT molecular complexity index is 1190. The van der Waals surface area contributed by atoms with Crippen LogP contribution < -0.4 is 11.1 Å². The third-order valence-corrected chi connectivity index (χ3v) is 8.97. The summed E-state index contributed by atoms with van der Waals surface area (Å²) in [5.74, 6) is 1.36. The van der Waals surface area contributed by atoms with E-state index in [0.29, 0.717) is 28.1 Å². The van der Waals surface area contributed by atoms with Crippen LogP contribution in [-0.2, 0) is 12.8 Å². The minimum absolute atomic E-state index is 0.115. The summed E-state index contributed by atoms with van der Waals surface area (Å²) in [5.41, 5.74) is 11.5. The van der Waals surface area contributed by atoms with Crippen molar-refractivity contribution in [2.45, 2.75) is 83.6 Å². The van der Waals surface area contributed by atoms with Gasteiger partial charge >= 0.3 is 0 Å². The van der Waals surface area contributed by atoms with Crippen LogP contribution in [0.25, 0.3) is 0 Å². The molecule has 192 valence electrons. The Hall–Kier alpha value is -2.76. The van der Waals surface area contributed by atoms with Gasteiger partial charge < -0.3 is 16.0 Å². The molecule has 1 fully saturated rings. The smallest absolute Gasteiger partial charge is 0.179 e. The summed E-state index contributed by atoms with van der Waals surface area (Å²) in [6.07, 6.45) is 9.19. The number of nitrogens with one attached hydrogen (secondary N) is 2. The number of aryl methyl sites for hydroxylation is 2. The summed E-state index contributed by atoms with van der Waals surface area (Å²) < 4.78 is 0. The Morgan fingerprint density at radius 1 is 1.33 bits per heavy atom. The number of aromatic nitrogens is 2. The highest BCUT2D eigenvalue weighted by Gasteiger charge is 2.31. The predicted octanol–water partition coefficient (Wildman–Crippen LogP) is 5.67. The molecule has 0 bridgehead atoms. The molecule has 1 aliphatic carbocycles. The van der Waals surface area contributed by atoms with Crippen LogP contribution in [0.2, 0.25) is 0 Å². The minimum atomic E-state index is 0.115. The van der Waals surface area contributed by atoms with E-state index < -0.39 is 0 Å². The lowest BCUT2D eigenvalue weighted by atomic mass is 9.78. The van der Waals surface area contributed by atoms with E-state index in [9.17, 15) is 10.7 Å². The molecule has 0 aromatic carbocycles. The van der Waals surface area contributed by atoms with Crippen molar-refractivity contribution < 1.29 is 0 Å². The lowest BCUT2D eigenvalue weighted by molar-refractivity contribution is 0.296. The molecule has 1 saturated heterocycles. The van der Waals surface area contributed by atoms with Gasteiger partial charge in [0.25, 0.3) is 0 Å². The maximum Gasteiger partial charge on any atom is 0.179 e. The molecule has 4 N–H and O–H groups in total. The molecule has 2 aromatic heterocycles. The summed E-state index contributed by atoms with van der Waals surface area (Å²) in [5, 5.41) is 22.8. The molecule has 36 heavy (non-hydrogen) atoms. The second-order valence-electron chi connectivity index (χ2n) is 10.2. The first kappa shape index (κ1) is 26.3. The standard InChI is InChI=1S/C28H39N7S/c1-5-8-21(17(2)20-10-6-11-23-25(20)22(16-29)27(31)36-23)26(30)28-33-18(15-24(32-3)34-28)12-13-19-9-7-14-35(19)4/h15,19-20,30H,5-14,31H2,1-4H3,(H,32,33,34)/b21-17+,30-26?. The highest BCUT2D eigenvalue weighted by atomic mass is 32.1. The molecule has 0 radical (unpaired) electrons. The highest BCUT2D eigenvalue weighted by molar-refractivity contribution is 7.16. The van der Waals surface area contributed by atoms with Crippen LogP contribution in [0.4, 0.5) is 10.8 Å². The van der Waals surface area contributed by atoms with E-state index in [1.165, 1.54) is 24.3 Å². The molecule has 8 heteroatoms. The number of nitriles is 1. The maximum atomic E-state index is 9.81. The van der Waals surface area contributed by atoms with Gasteiger partial charge in [-0.1, -0.05) is 18.9 Å². The van der Waals surface area contributed by atoms with E-state index in [1.54, 1.807) is 11.3 Å². The second-order valence-corrected chi connectivity index (χ2v) is 11.3. The number of fused-ring (bicyclic) bond motifs is 1. The van der Waals surface area contributed by atoms with Crippen molar-refractivity contribution in [2.75, 3.05) is 31.7 Å². The van der Waals surface area contributed by atoms with Crippen molar-refractivity contribution in [3.05, 3.63) is 44.7 Å². The number of hydrogen-bond acceptors (Lipinski definition) is 8. The molecule has 2 unspecified atom stereocenters. The molecule has 7 nitrogen and oxygen atoms in total. The molecular weight excluding hydrogens is 466 g/mol. The van der Waals surface area contributed by atoms with Crippen LogP contribution in [0.1, 0.15) is 92.2 Å². The Morgan fingerprint density at radius 2 is 2.14 bits per heavy atom. The van der Waals surface area contributed by atoms with Crippen LogP contribution in [0.3, 0.4) is 0 Å². The van der Waals surface area contributed by atoms with Gasteiger partial charge in [0, 0.05) is 35.6 Å². The van der Waals surface area contributed by atoms with Crippen molar-refractivity contribution in [1.29, 1.82) is 10.7 Å². The van der Waals surface area contributed by atoms with Crippen molar-refractivity contribution >= 4 is 27.9 Å². The normalized spacial score (nSPS) is 20.5. The molecule has 2 aromatic rings.